The summed E-state index contributed by atoms with van der Waals surface area (Å²) in [5.74, 6) is -2.02. The monoisotopic (exact) mass is 420 g/mol. The van der Waals surface area contributed by atoms with Gasteiger partial charge in [0.15, 0.2) is 11.6 Å². The Bertz CT molecular complexity index is 505. The number of ketones is 2. The molecule has 2 aliphatic carbocycles. The molecule has 2 saturated carbocycles. The summed E-state index contributed by atoms with van der Waals surface area (Å²) < 4.78 is 23.1. The molecule has 0 aliphatic heterocycles. The van der Waals surface area contributed by atoms with E-state index < -0.39 is 22.6 Å². The van der Waals surface area contributed by atoms with Crippen LogP contribution in [0.4, 0.5) is 4.39 Å². The van der Waals surface area contributed by atoms with Crippen molar-refractivity contribution in [3.63, 3.8) is 0 Å². The van der Waals surface area contributed by atoms with E-state index in [0.717, 1.165) is 12.8 Å². The van der Waals surface area contributed by atoms with Crippen molar-refractivity contribution in [2.45, 2.75) is 89.9 Å². The lowest BCUT2D eigenvalue weighted by Crippen LogP contribution is -2.45. The van der Waals surface area contributed by atoms with E-state index in [9.17, 15) is 23.6 Å². The van der Waals surface area contributed by atoms with Gasteiger partial charge in [0.1, 0.15) is 5.16 Å². The lowest BCUT2D eigenvalue weighted by Gasteiger charge is -2.28. The standard InChI is InChI=1S/C9H13FO3.C9H15O3P.C2H6/c1-2-13-8(12)9(10)6-4-3-5-7(9)11;1-2-12-8(11)9(13)6-4-3-5-7(9)10;1-2/h2-6H2,1H3;2-6,13H2,1H3;1-2H3. The Morgan fingerprint density at radius 1 is 0.893 bits per heavy atom. The number of ether oxygens (including phenoxy) is 2. The Morgan fingerprint density at radius 3 is 1.82 bits per heavy atom. The van der Waals surface area contributed by atoms with Gasteiger partial charge in [-0.1, -0.05) is 20.3 Å². The second-order valence-electron chi connectivity index (χ2n) is 6.47. The molecule has 0 radical (unpaired) electrons. The Labute approximate surface area is 169 Å². The maximum atomic E-state index is 13.7. The SMILES string of the molecule is CC.CCOC(=O)C1(F)CCCCC1=O.CCOC(=O)C1(P)CCCCC1=O. The Morgan fingerprint density at radius 2 is 1.36 bits per heavy atom. The maximum absolute atomic E-state index is 13.7. The molecule has 6 nitrogen and oxygen atoms in total. The summed E-state index contributed by atoms with van der Waals surface area (Å²) >= 11 is 0. The zero-order valence-corrected chi connectivity index (χ0v) is 18.6. The Kier molecular flexibility index (Phi) is 12.3. The lowest BCUT2D eigenvalue weighted by molar-refractivity contribution is -0.164. The van der Waals surface area contributed by atoms with Crippen molar-refractivity contribution in [2.24, 2.45) is 0 Å². The predicted octanol–water partition coefficient (Wildman–Crippen LogP) is 3.73. The van der Waals surface area contributed by atoms with E-state index in [1.165, 1.54) is 0 Å². The molecule has 0 amide bonds. The first kappa shape index (κ1) is 26.6. The highest BCUT2D eigenvalue weighted by Gasteiger charge is 2.48. The van der Waals surface area contributed by atoms with E-state index in [0.29, 0.717) is 32.3 Å². The molecule has 162 valence electrons. The van der Waals surface area contributed by atoms with E-state index in [4.69, 9.17) is 4.74 Å². The third kappa shape index (κ3) is 6.91. The number of hydrogen-bond donors (Lipinski definition) is 0. The minimum atomic E-state index is -2.35. The molecule has 3 unspecified atom stereocenters. The van der Waals surface area contributed by atoms with Crippen molar-refractivity contribution in [2.75, 3.05) is 13.2 Å². The highest BCUT2D eigenvalue weighted by Crippen LogP contribution is 2.34. The largest absolute Gasteiger partial charge is 0.465 e. The van der Waals surface area contributed by atoms with E-state index in [1.54, 1.807) is 13.8 Å². The van der Waals surface area contributed by atoms with Crippen LogP contribution < -0.4 is 0 Å². The second-order valence-corrected chi connectivity index (χ2v) is 7.46. The van der Waals surface area contributed by atoms with Gasteiger partial charge < -0.3 is 9.47 Å². The molecule has 0 N–H and O–H groups in total. The van der Waals surface area contributed by atoms with Crippen molar-refractivity contribution >= 4 is 32.7 Å². The molecule has 0 aromatic heterocycles. The van der Waals surface area contributed by atoms with Crippen LogP contribution in [0.2, 0.25) is 0 Å². The summed E-state index contributed by atoms with van der Waals surface area (Å²) in [6.45, 7) is 7.79. The highest BCUT2D eigenvalue weighted by molar-refractivity contribution is 7.23. The average molecular weight is 420 g/mol. The molecule has 0 bridgehead atoms. The summed E-state index contributed by atoms with van der Waals surface area (Å²) in [5, 5.41) is -0.936. The van der Waals surface area contributed by atoms with Gasteiger partial charge >= 0.3 is 11.9 Å². The third-order valence-electron chi connectivity index (χ3n) is 4.58. The van der Waals surface area contributed by atoms with Crippen LogP contribution in [0.25, 0.3) is 0 Å². The molecule has 2 rings (SSSR count). The van der Waals surface area contributed by atoms with Crippen LogP contribution in [0.3, 0.4) is 0 Å². The second kappa shape index (κ2) is 13.0. The van der Waals surface area contributed by atoms with Gasteiger partial charge in [0, 0.05) is 12.8 Å². The van der Waals surface area contributed by atoms with Crippen LogP contribution in [0.1, 0.15) is 79.1 Å². The van der Waals surface area contributed by atoms with Crippen molar-refractivity contribution in [1.29, 1.82) is 0 Å². The van der Waals surface area contributed by atoms with Crippen LogP contribution in [0.15, 0.2) is 0 Å². The Balaban J connectivity index is 0.000000478. The quantitative estimate of drug-likeness (QED) is 0.391. The number of rotatable bonds is 4. The molecule has 0 spiro atoms. The minimum Gasteiger partial charge on any atom is -0.465 e. The van der Waals surface area contributed by atoms with Gasteiger partial charge in [-0.15, -0.1) is 9.24 Å². The molecular weight excluding hydrogens is 386 g/mol. The van der Waals surface area contributed by atoms with Gasteiger partial charge in [0.25, 0.3) is 5.67 Å². The van der Waals surface area contributed by atoms with Gasteiger partial charge in [-0.05, 0) is 46.0 Å². The Hall–Kier alpha value is -1.36. The lowest BCUT2D eigenvalue weighted by atomic mass is 9.85. The molecule has 0 aromatic rings. The van der Waals surface area contributed by atoms with Crippen LogP contribution >= 0.6 is 9.24 Å². The molecule has 2 aliphatic rings. The van der Waals surface area contributed by atoms with Gasteiger partial charge in [-0.3, -0.25) is 14.4 Å². The van der Waals surface area contributed by atoms with Crippen LogP contribution in [0, 0.1) is 0 Å². The zero-order chi connectivity index (χ0) is 21.8. The summed E-state index contributed by atoms with van der Waals surface area (Å²) in [4.78, 5) is 45.2. The smallest absolute Gasteiger partial charge is 0.351 e. The summed E-state index contributed by atoms with van der Waals surface area (Å²) in [6, 6.07) is 0. The van der Waals surface area contributed by atoms with E-state index in [2.05, 4.69) is 14.0 Å². The van der Waals surface area contributed by atoms with Gasteiger partial charge in [-0.25, -0.2) is 9.18 Å². The predicted molar refractivity (Wildman–Crippen MR) is 108 cm³/mol. The fourth-order valence-electron chi connectivity index (χ4n) is 2.98. The fraction of sp³-hybridized carbons (Fsp3) is 0.800. The van der Waals surface area contributed by atoms with Crippen molar-refractivity contribution in [3.8, 4) is 0 Å². The third-order valence-corrected chi connectivity index (χ3v) is 5.42. The van der Waals surface area contributed by atoms with E-state index >= 15 is 0 Å². The van der Waals surface area contributed by atoms with Crippen LogP contribution in [-0.2, 0) is 28.7 Å². The molecule has 0 heterocycles. The number of halogens is 1. The number of carbonyl (C=O) groups is 4. The van der Waals surface area contributed by atoms with Gasteiger partial charge in [0.05, 0.1) is 13.2 Å². The summed E-state index contributed by atoms with van der Waals surface area (Å²) in [7, 11) is 2.37. The van der Waals surface area contributed by atoms with E-state index in [1.807, 2.05) is 13.8 Å². The van der Waals surface area contributed by atoms with Crippen LogP contribution in [-0.4, -0.2) is 47.5 Å². The molecule has 0 aromatic carbocycles. The van der Waals surface area contributed by atoms with Crippen molar-refractivity contribution in [3.05, 3.63) is 0 Å². The molecular formula is C20H34FO6P. The van der Waals surface area contributed by atoms with Crippen molar-refractivity contribution < 1.29 is 33.0 Å². The summed E-state index contributed by atoms with van der Waals surface area (Å²) in [6.07, 6.45) is 4.30. The first-order valence-electron chi connectivity index (χ1n) is 10.1. The molecule has 0 saturated heterocycles. The molecule has 28 heavy (non-hydrogen) atoms. The summed E-state index contributed by atoms with van der Waals surface area (Å²) in [5.41, 5.74) is -2.35. The van der Waals surface area contributed by atoms with Crippen molar-refractivity contribution in [1.82, 2.24) is 0 Å². The molecule has 8 heteroatoms. The first-order valence-corrected chi connectivity index (χ1v) is 10.7. The van der Waals surface area contributed by atoms with Gasteiger partial charge in [0.2, 0.25) is 0 Å². The number of Topliss-reactive ketones (excluding diaryl/α,β-unsaturated/α-hetero) is 2. The number of alkyl halides is 1. The average Bonchev–Trinajstić information content (AvgIpc) is 2.69. The normalized spacial score (nSPS) is 26.8. The number of carbonyl (C=O) groups excluding carboxylic acids is 4. The topological polar surface area (TPSA) is 86.7 Å². The van der Waals surface area contributed by atoms with Crippen LogP contribution in [0.5, 0.6) is 0 Å². The number of hydrogen-bond acceptors (Lipinski definition) is 6. The highest BCUT2D eigenvalue weighted by atomic mass is 31.0. The zero-order valence-electron chi connectivity index (χ0n) is 17.5. The van der Waals surface area contributed by atoms with Gasteiger partial charge in [-0.2, -0.15) is 0 Å². The fourth-order valence-corrected chi connectivity index (χ4v) is 3.41. The minimum absolute atomic E-state index is 0.00204. The molecule has 2 fully saturated rings. The first-order chi connectivity index (χ1) is 13.2. The maximum Gasteiger partial charge on any atom is 0.351 e. The van der Waals surface area contributed by atoms with E-state index in [-0.39, 0.29) is 31.2 Å². The molecule has 3 atom stereocenters. The number of esters is 2.